The van der Waals surface area contributed by atoms with Crippen LogP contribution < -0.4 is 5.32 Å². The van der Waals surface area contributed by atoms with Crippen molar-refractivity contribution in [2.75, 3.05) is 26.2 Å². The predicted molar refractivity (Wildman–Crippen MR) is 90.4 cm³/mol. The lowest BCUT2D eigenvalue weighted by atomic mass is 9.81. The molecular weight excluding hydrogens is 296 g/mol. The normalized spacial score (nSPS) is 29.6. The van der Waals surface area contributed by atoms with Gasteiger partial charge in [0.15, 0.2) is 0 Å². The maximum atomic E-state index is 12.7. The van der Waals surface area contributed by atoms with Crippen molar-refractivity contribution in [3.8, 4) is 0 Å². The summed E-state index contributed by atoms with van der Waals surface area (Å²) >= 11 is 0. The molecule has 0 saturated carbocycles. The van der Waals surface area contributed by atoms with E-state index in [2.05, 4.69) is 34.5 Å². The summed E-state index contributed by atoms with van der Waals surface area (Å²) in [5.74, 6) is 2.23. The lowest BCUT2D eigenvalue weighted by molar-refractivity contribution is -0.130. The molecule has 4 heteroatoms. The highest BCUT2D eigenvalue weighted by atomic mass is 35.5. The molecule has 0 spiro atoms. The molecule has 2 heterocycles. The van der Waals surface area contributed by atoms with Crippen LogP contribution in [0.4, 0.5) is 0 Å². The molecule has 1 aliphatic carbocycles. The van der Waals surface area contributed by atoms with E-state index in [-0.39, 0.29) is 12.4 Å². The molecule has 0 aromatic heterocycles. The van der Waals surface area contributed by atoms with E-state index in [4.69, 9.17) is 0 Å². The second-order valence-corrected chi connectivity index (χ2v) is 6.97. The summed E-state index contributed by atoms with van der Waals surface area (Å²) in [4.78, 5) is 14.8. The third-order valence-corrected chi connectivity index (χ3v) is 5.66. The summed E-state index contributed by atoms with van der Waals surface area (Å²) in [6.07, 6.45) is 4.29. The molecule has 1 N–H and O–H groups in total. The van der Waals surface area contributed by atoms with Gasteiger partial charge in [-0.1, -0.05) is 24.3 Å². The quantitative estimate of drug-likeness (QED) is 0.908. The summed E-state index contributed by atoms with van der Waals surface area (Å²) < 4.78 is 0. The van der Waals surface area contributed by atoms with Crippen molar-refractivity contribution in [3.63, 3.8) is 0 Å². The van der Waals surface area contributed by atoms with E-state index < -0.39 is 0 Å². The molecule has 3 atom stereocenters. The Kier molecular flexibility index (Phi) is 4.74. The zero-order chi connectivity index (χ0) is 14.2. The predicted octanol–water partition coefficient (Wildman–Crippen LogP) is 2.60. The molecule has 1 aromatic carbocycles. The highest BCUT2D eigenvalue weighted by molar-refractivity contribution is 5.85. The van der Waals surface area contributed by atoms with E-state index in [1.807, 2.05) is 0 Å². The van der Waals surface area contributed by atoms with Crippen LogP contribution in [0.3, 0.4) is 0 Å². The van der Waals surface area contributed by atoms with Crippen LogP contribution in [0.15, 0.2) is 24.3 Å². The maximum Gasteiger partial charge on any atom is 0.223 e. The third-order valence-electron chi connectivity index (χ3n) is 5.66. The summed E-state index contributed by atoms with van der Waals surface area (Å²) in [6.45, 7) is 4.15. The molecule has 120 valence electrons. The first kappa shape index (κ1) is 15.8. The van der Waals surface area contributed by atoms with Gasteiger partial charge in [0, 0.05) is 32.6 Å². The van der Waals surface area contributed by atoms with Gasteiger partial charge >= 0.3 is 0 Å². The Balaban J connectivity index is 0.00000144. The topological polar surface area (TPSA) is 32.3 Å². The SMILES string of the molecule is Cl.O=C(CC1CCCc2ccccc21)N1C[C@H]2CNC[C@H]2C1. The summed E-state index contributed by atoms with van der Waals surface area (Å²) in [6, 6.07) is 8.71. The highest BCUT2D eigenvalue weighted by Crippen LogP contribution is 2.35. The Labute approximate surface area is 138 Å². The number of nitrogens with one attached hydrogen (secondary N) is 1. The fraction of sp³-hybridized carbons (Fsp3) is 0.611. The molecule has 1 amide bonds. The number of nitrogens with zero attached hydrogens (tertiary/aromatic N) is 1. The van der Waals surface area contributed by atoms with E-state index in [0.29, 0.717) is 30.1 Å². The molecule has 3 nitrogen and oxygen atoms in total. The molecule has 4 rings (SSSR count). The smallest absolute Gasteiger partial charge is 0.223 e. The van der Waals surface area contributed by atoms with E-state index in [1.165, 1.54) is 30.4 Å². The number of amides is 1. The van der Waals surface area contributed by atoms with Gasteiger partial charge in [0.2, 0.25) is 5.91 Å². The number of likely N-dealkylation sites (tertiary alicyclic amines) is 1. The van der Waals surface area contributed by atoms with Crippen molar-refractivity contribution in [2.45, 2.75) is 31.6 Å². The van der Waals surface area contributed by atoms with Gasteiger partial charge < -0.3 is 10.2 Å². The number of aryl methyl sites for hydroxylation is 1. The number of carbonyl (C=O) groups excluding carboxylic acids is 1. The molecule has 3 aliphatic rings. The molecule has 0 radical (unpaired) electrons. The first-order valence-corrected chi connectivity index (χ1v) is 8.37. The molecule has 2 saturated heterocycles. The minimum Gasteiger partial charge on any atom is -0.342 e. The number of fused-ring (bicyclic) bond motifs is 2. The average Bonchev–Trinajstić information content (AvgIpc) is 3.09. The zero-order valence-corrected chi connectivity index (χ0v) is 13.8. The molecule has 1 aromatic rings. The number of carbonyl (C=O) groups is 1. The third kappa shape index (κ3) is 2.89. The first-order chi connectivity index (χ1) is 10.3. The molecule has 22 heavy (non-hydrogen) atoms. The van der Waals surface area contributed by atoms with Gasteiger partial charge in [-0.25, -0.2) is 0 Å². The Morgan fingerprint density at radius 2 is 1.91 bits per heavy atom. The van der Waals surface area contributed by atoms with E-state index in [0.717, 1.165) is 26.2 Å². The molecule has 0 bridgehead atoms. The fourth-order valence-corrected chi connectivity index (χ4v) is 4.47. The second kappa shape index (κ2) is 6.59. The first-order valence-electron chi connectivity index (χ1n) is 8.37. The largest absolute Gasteiger partial charge is 0.342 e. The summed E-state index contributed by atoms with van der Waals surface area (Å²) in [5.41, 5.74) is 2.89. The lowest BCUT2D eigenvalue weighted by Gasteiger charge is -2.27. The number of hydrogen-bond acceptors (Lipinski definition) is 2. The molecular formula is C18H25ClN2O. The van der Waals surface area contributed by atoms with Gasteiger partial charge in [0.05, 0.1) is 0 Å². The van der Waals surface area contributed by atoms with E-state index in [1.54, 1.807) is 0 Å². The van der Waals surface area contributed by atoms with Gasteiger partial charge in [0.25, 0.3) is 0 Å². The number of hydrogen-bond donors (Lipinski definition) is 1. The van der Waals surface area contributed by atoms with Crippen LogP contribution in [0.1, 0.15) is 36.3 Å². The van der Waals surface area contributed by atoms with Gasteiger partial charge in [-0.15, -0.1) is 12.4 Å². The Hall–Kier alpha value is -1.06. The molecule has 2 fully saturated rings. The average molecular weight is 321 g/mol. The Bertz CT molecular complexity index is 536. The van der Waals surface area contributed by atoms with E-state index >= 15 is 0 Å². The number of halogens is 1. The van der Waals surface area contributed by atoms with Crippen LogP contribution in [-0.4, -0.2) is 37.0 Å². The standard InChI is InChI=1S/C18H24N2O.ClH/c21-18(20-11-15-9-19-10-16(15)12-20)8-14-6-3-5-13-4-1-2-7-17(13)14;/h1-2,4,7,14-16,19H,3,5-6,8-12H2;1H/t14?,15-,16+;. The Morgan fingerprint density at radius 1 is 1.18 bits per heavy atom. The molecule has 2 aliphatic heterocycles. The number of rotatable bonds is 2. The van der Waals surface area contributed by atoms with Crippen LogP contribution in [0.25, 0.3) is 0 Å². The van der Waals surface area contributed by atoms with Crippen molar-refractivity contribution in [2.24, 2.45) is 11.8 Å². The van der Waals surface area contributed by atoms with E-state index in [9.17, 15) is 4.79 Å². The van der Waals surface area contributed by atoms with Crippen LogP contribution in [0, 0.1) is 11.8 Å². The summed E-state index contributed by atoms with van der Waals surface area (Å²) in [5, 5.41) is 3.44. The van der Waals surface area contributed by atoms with Crippen molar-refractivity contribution >= 4 is 18.3 Å². The van der Waals surface area contributed by atoms with Crippen molar-refractivity contribution in [1.82, 2.24) is 10.2 Å². The number of benzene rings is 1. The van der Waals surface area contributed by atoms with Crippen LogP contribution >= 0.6 is 12.4 Å². The van der Waals surface area contributed by atoms with Crippen LogP contribution in [0.5, 0.6) is 0 Å². The van der Waals surface area contributed by atoms with Gasteiger partial charge in [-0.3, -0.25) is 4.79 Å². The minimum absolute atomic E-state index is 0. The zero-order valence-electron chi connectivity index (χ0n) is 13.0. The Morgan fingerprint density at radius 3 is 2.68 bits per heavy atom. The highest BCUT2D eigenvalue weighted by Gasteiger charge is 2.38. The van der Waals surface area contributed by atoms with Crippen molar-refractivity contribution < 1.29 is 4.79 Å². The van der Waals surface area contributed by atoms with Crippen molar-refractivity contribution in [3.05, 3.63) is 35.4 Å². The fourth-order valence-electron chi connectivity index (χ4n) is 4.47. The van der Waals surface area contributed by atoms with Gasteiger partial charge in [-0.05, 0) is 48.1 Å². The minimum atomic E-state index is 0. The summed E-state index contributed by atoms with van der Waals surface area (Å²) in [7, 11) is 0. The van der Waals surface area contributed by atoms with Crippen LogP contribution in [0.2, 0.25) is 0 Å². The monoisotopic (exact) mass is 320 g/mol. The van der Waals surface area contributed by atoms with Gasteiger partial charge in [-0.2, -0.15) is 0 Å². The lowest BCUT2D eigenvalue weighted by Crippen LogP contribution is -2.33. The second-order valence-electron chi connectivity index (χ2n) is 6.97. The van der Waals surface area contributed by atoms with Crippen molar-refractivity contribution in [1.29, 1.82) is 0 Å². The maximum absolute atomic E-state index is 12.7. The van der Waals surface area contributed by atoms with Gasteiger partial charge in [0.1, 0.15) is 0 Å². The van der Waals surface area contributed by atoms with Crippen LogP contribution in [-0.2, 0) is 11.2 Å². The molecule has 1 unspecified atom stereocenters.